The Bertz CT molecular complexity index is 582. The SMILES string of the molecule is CC(C)(C)OC(=O)N1CCc2c(c(C=O)nn2C2CC2)C1. The number of aldehydes is 1. The molecule has 0 aromatic carbocycles. The minimum absolute atomic E-state index is 0.329. The molecule has 114 valence electrons. The number of hydrogen-bond donors (Lipinski definition) is 0. The highest BCUT2D eigenvalue weighted by Crippen LogP contribution is 2.37. The molecule has 0 unspecified atom stereocenters. The molecule has 21 heavy (non-hydrogen) atoms. The van der Waals surface area contributed by atoms with E-state index >= 15 is 0 Å². The first kappa shape index (κ1) is 14.1. The normalized spacial score (nSPS) is 18.3. The lowest BCUT2D eigenvalue weighted by atomic mass is 10.1. The van der Waals surface area contributed by atoms with E-state index in [4.69, 9.17) is 4.74 Å². The Morgan fingerprint density at radius 2 is 2.10 bits per heavy atom. The molecular formula is C15H21N3O3. The highest BCUT2D eigenvalue weighted by Gasteiger charge is 2.34. The van der Waals surface area contributed by atoms with Gasteiger partial charge in [-0.3, -0.25) is 9.48 Å². The van der Waals surface area contributed by atoms with Gasteiger partial charge < -0.3 is 9.64 Å². The molecule has 6 heteroatoms. The number of ether oxygens (including phenoxy) is 1. The summed E-state index contributed by atoms with van der Waals surface area (Å²) >= 11 is 0. The highest BCUT2D eigenvalue weighted by molar-refractivity contribution is 5.76. The van der Waals surface area contributed by atoms with Crippen LogP contribution in [0.25, 0.3) is 0 Å². The van der Waals surface area contributed by atoms with Crippen molar-refractivity contribution in [2.24, 2.45) is 0 Å². The van der Waals surface area contributed by atoms with Crippen LogP contribution in [0.2, 0.25) is 0 Å². The lowest BCUT2D eigenvalue weighted by molar-refractivity contribution is 0.0222. The smallest absolute Gasteiger partial charge is 0.410 e. The lowest BCUT2D eigenvalue weighted by Gasteiger charge is -2.30. The Morgan fingerprint density at radius 3 is 2.67 bits per heavy atom. The van der Waals surface area contributed by atoms with Crippen LogP contribution in [0.15, 0.2) is 0 Å². The van der Waals surface area contributed by atoms with Crippen LogP contribution in [0, 0.1) is 0 Å². The largest absolute Gasteiger partial charge is 0.444 e. The van der Waals surface area contributed by atoms with E-state index < -0.39 is 5.60 Å². The van der Waals surface area contributed by atoms with Crippen molar-refractivity contribution in [3.05, 3.63) is 17.0 Å². The van der Waals surface area contributed by atoms with Crippen molar-refractivity contribution in [3.63, 3.8) is 0 Å². The summed E-state index contributed by atoms with van der Waals surface area (Å²) in [5, 5.41) is 4.41. The zero-order valence-corrected chi connectivity index (χ0v) is 12.8. The predicted octanol–water partition coefficient (Wildman–Crippen LogP) is 2.32. The maximum Gasteiger partial charge on any atom is 0.410 e. The van der Waals surface area contributed by atoms with E-state index in [9.17, 15) is 9.59 Å². The molecule has 0 N–H and O–H groups in total. The van der Waals surface area contributed by atoms with Gasteiger partial charge in [0.2, 0.25) is 0 Å². The third-order valence-corrected chi connectivity index (χ3v) is 3.77. The summed E-state index contributed by atoms with van der Waals surface area (Å²) in [5.74, 6) is 0. The standard InChI is InChI=1S/C15H21N3O3/c1-15(2,3)21-14(20)17-7-6-13-11(8-17)12(9-19)16-18(13)10-4-5-10/h9-10H,4-8H2,1-3H3. The lowest BCUT2D eigenvalue weighted by Crippen LogP contribution is -2.40. The van der Waals surface area contributed by atoms with Crippen LogP contribution < -0.4 is 0 Å². The molecule has 1 saturated carbocycles. The molecule has 0 radical (unpaired) electrons. The first-order chi connectivity index (χ1) is 9.89. The summed E-state index contributed by atoms with van der Waals surface area (Å²) in [4.78, 5) is 25.0. The Labute approximate surface area is 124 Å². The van der Waals surface area contributed by atoms with E-state index in [-0.39, 0.29) is 6.09 Å². The maximum atomic E-state index is 12.2. The molecule has 2 aliphatic rings. The first-order valence-electron chi connectivity index (χ1n) is 7.42. The van der Waals surface area contributed by atoms with Gasteiger partial charge in [0.15, 0.2) is 6.29 Å². The van der Waals surface area contributed by atoms with Crippen LogP contribution in [0.5, 0.6) is 0 Å². The average molecular weight is 291 g/mol. The van der Waals surface area contributed by atoms with E-state index in [1.54, 1.807) is 4.90 Å². The molecule has 6 nitrogen and oxygen atoms in total. The molecule has 1 fully saturated rings. The van der Waals surface area contributed by atoms with Crippen LogP contribution in [-0.4, -0.2) is 39.2 Å². The van der Waals surface area contributed by atoms with Crippen molar-refractivity contribution in [3.8, 4) is 0 Å². The van der Waals surface area contributed by atoms with Crippen molar-refractivity contribution in [2.45, 2.75) is 58.2 Å². The van der Waals surface area contributed by atoms with E-state index in [0.717, 1.165) is 36.8 Å². The molecule has 0 saturated heterocycles. The zero-order chi connectivity index (χ0) is 15.2. The quantitative estimate of drug-likeness (QED) is 0.784. The van der Waals surface area contributed by atoms with Gasteiger partial charge in [-0.15, -0.1) is 0 Å². The molecular weight excluding hydrogens is 270 g/mol. The van der Waals surface area contributed by atoms with Crippen LogP contribution in [0.4, 0.5) is 4.79 Å². The van der Waals surface area contributed by atoms with Gasteiger partial charge in [-0.25, -0.2) is 4.79 Å². The van der Waals surface area contributed by atoms with Crippen molar-refractivity contribution < 1.29 is 14.3 Å². The van der Waals surface area contributed by atoms with Gasteiger partial charge in [0.1, 0.15) is 11.3 Å². The maximum absolute atomic E-state index is 12.2. The molecule has 0 bridgehead atoms. The fourth-order valence-corrected chi connectivity index (χ4v) is 2.67. The predicted molar refractivity (Wildman–Crippen MR) is 76.2 cm³/mol. The number of amides is 1. The van der Waals surface area contributed by atoms with Gasteiger partial charge in [-0.1, -0.05) is 0 Å². The highest BCUT2D eigenvalue weighted by atomic mass is 16.6. The number of nitrogens with zero attached hydrogens (tertiary/aromatic N) is 3. The molecule has 3 rings (SSSR count). The number of hydrogen-bond acceptors (Lipinski definition) is 4. The molecule has 0 spiro atoms. The van der Waals surface area contributed by atoms with Crippen molar-refractivity contribution >= 4 is 12.4 Å². The number of carbonyl (C=O) groups is 2. The molecule has 1 amide bonds. The fraction of sp³-hybridized carbons (Fsp3) is 0.667. The summed E-state index contributed by atoms with van der Waals surface area (Å²) in [6.07, 6.45) is 3.44. The van der Waals surface area contributed by atoms with E-state index in [1.165, 1.54) is 0 Å². The third kappa shape index (κ3) is 2.80. The topological polar surface area (TPSA) is 64.4 Å². The van der Waals surface area contributed by atoms with Crippen LogP contribution in [0.3, 0.4) is 0 Å². The minimum Gasteiger partial charge on any atom is -0.444 e. The minimum atomic E-state index is -0.511. The van der Waals surface area contributed by atoms with Crippen molar-refractivity contribution in [1.82, 2.24) is 14.7 Å². The summed E-state index contributed by atoms with van der Waals surface area (Å²) in [5.41, 5.74) is 1.95. The summed E-state index contributed by atoms with van der Waals surface area (Å²) in [7, 11) is 0. The van der Waals surface area contributed by atoms with Crippen LogP contribution in [-0.2, 0) is 17.7 Å². The Kier molecular flexibility index (Phi) is 3.26. The molecule has 1 aromatic heterocycles. The number of rotatable bonds is 2. The molecule has 1 aliphatic carbocycles. The van der Waals surface area contributed by atoms with Gasteiger partial charge in [-0.2, -0.15) is 5.10 Å². The number of aromatic nitrogens is 2. The Morgan fingerprint density at radius 1 is 1.38 bits per heavy atom. The van der Waals surface area contributed by atoms with Crippen LogP contribution >= 0.6 is 0 Å². The molecule has 1 aliphatic heterocycles. The number of fused-ring (bicyclic) bond motifs is 1. The van der Waals surface area contributed by atoms with Gasteiger partial charge in [0.25, 0.3) is 0 Å². The van der Waals surface area contributed by atoms with Gasteiger partial charge in [0.05, 0.1) is 12.6 Å². The Hall–Kier alpha value is -1.85. The van der Waals surface area contributed by atoms with Gasteiger partial charge in [-0.05, 0) is 33.6 Å². The van der Waals surface area contributed by atoms with E-state index in [2.05, 4.69) is 5.10 Å². The van der Waals surface area contributed by atoms with Crippen LogP contribution in [0.1, 0.15) is 61.4 Å². The third-order valence-electron chi connectivity index (χ3n) is 3.77. The summed E-state index contributed by atoms with van der Waals surface area (Å²) < 4.78 is 7.40. The molecule has 1 aromatic rings. The second-order valence-corrected chi connectivity index (χ2v) is 6.76. The second kappa shape index (κ2) is 4.86. The first-order valence-corrected chi connectivity index (χ1v) is 7.42. The second-order valence-electron chi connectivity index (χ2n) is 6.76. The van der Waals surface area contributed by atoms with Crippen molar-refractivity contribution in [2.75, 3.05) is 6.54 Å². The zero-order valence-electron chi connectivity index (χ0n) is 12.8. The summed E-state index contributed by atoms with van der Waals surface area (Å²) in [6, 6.07) is 0.445. The Balaban J connectivity index is 1.81. The molecule has 2 heterocycles. The fourth-order valence-electron chi connectivity index (χ4n) is 2.67. The number of carbonyl (C=O) groups excluding carboxylic acids is 2. The van der Waals surface area contributed by atoms with Gasteiger partial charge in [0, 0.05) is 24.2 Å². The molecule has 0 atom stereocenters. The van der Waals surface area contributed by atoms with E-state index in [1.807, 2.05) is 25.5 Å². The average Bonchev–Trinajstić information content (AvgIpc) is 3.17. The monoisotopic (exact) mass is 291 g/mol. The van der Waals surface area contributed by atoms with Gasteiger partial charge >= 0.3 is 6.09 Å². The van der Waals surface area contributed by atoms with E-state index in [0.29, 0.717) is 24.8 Å². The summed E-state index contributed by atoms with van der Waals surface area (Å²) in [6.45, 7) is 6.57. The van der Waals surface area contributed by atoms with Crippen molar-refractivity contribution in [1.29, 1.82) is 0 Å².